The number of thioether (sulfide) groups is 1. The summed E-state index contributed by atoms with van der Waals surface area (Å²) in [5.74, 6) is 0.593. The van der Waals surface area contributed by atoms with Crippen LogP contribution in [0.4, 0.5) is 0 Å². The monoisotopic (exact) mass is 212 g/mol. The Hall–Kier alpha value is -1.30. The van der Waals surface area contributed by atoms with E-state index in [1.165, 1.54) is 7.11 Å². The van der Waals surface area contributed by atoms with Gasteiger partial charge < -0.3 is 9.84 Å². The fraction of sp³-hybridized carbons (Fsp3) is 0.375. The highest BCUT2D eigenvalue weighted by Gasteiger charge is 2.22. The predicted octanol–water partition coefficient (Wildman–Crippen LogP) is 0.930. The normalized spacial score (nSPS) is 13.8. The average molecular weight is 212 g/mol. The molecule has 0 fully saturated rings. The van der Waals surface area contributed by atoms with Crippen molar-refractivity contribution >= 4 is 17.7 Å². The van der Waals surface area contributed by atoms with E-state index in [1.807, 2.05) is 0 Å². The number of fused-ring (bicyclic) bond motifs is 1. The van der Waals surface area contributed by atoms with Crippen LogP contribution in [0.1, 0.15) is 21.9 Å². The Morgan fingerprint density at radius 2 is 2.29 bits per heavy atom. The first kappa shape index (κ1) is 9.26. The van der Waals surface area contributed by atoms with E-state index >= 15 is 0 Å². The molecule has 1 aliphatic rings. The third-order valence-corrected chi connectivity index (χ3v) is 2.89. The van der Waals surface area contributed by atoms with Gasteiger partial charge in [0.1, 0.15) is 0 Å². The number of carboxylic acid groups (broad SMARTS) is 1. The van der Waals surface area contributed by atoms with Gasteiger partial charge in [0.15, 0.2) is 0 Å². The van der Waals surface area contributed by atoms with E-state index in [9.17, 15) is 4.79 Å². The van der Waals surface area contributed by atoms with Crippen molar-refractivity contribution in [3.05, 3.63) is 17.1 Å². The molecule has 0 atom stereocenters. The summed E-state index contributed by atoms with van der Waals surface area (Å²) in [5.41, 5.74) is 1.70. The Morgan fingerprint density at radius 1 is 1.50 bits per heavy atom. The SMILES string of the molecule is COc1nc(C(=O)O)nc2c1CSC2. The maximum Gasteiger partial charge on any atom is 0.374 e. The van der Waals surface area contributed by atoms with Gasteiger partial charge in [-0.25, -0.2) is 9.78 Å². The zero-order valence-corrected chi connectivity index (χ0v) is 8.30. The van der Waals surface area contributed by atoms with Crippen molar-refractivity contribution < 1.29 is 14.6 Å². The van der Waals surface area contributed by atoms with Gasteiger partial charge in [0, 0.05) is 17.1 Å². The molecule has 2 heterocycles. The molecule has 0 saturated carbocycles. The van der Waals surface area contributed by atoms with Crippen LogP contribution in [0, 0.1) is 0 Å². The summed E-state index contributed by atoms with van der Waals surface area (Å²) in [6.07, 6.45) is 0. The Labute approximate surface area is 84.5 Å². The molecule has 2 rings (SSSR count). The lowest BCUT2D eigenvalue weighted by Crippen LogP contribution is -2.08. The van der Waals surface area contributed by atoms with Crippen LogP contribution in [-0.4, -0.2) is 28.2 Å². The number of rotatable bonds is 2. The van der Waals surface area contributed by atoms with Gasteiger partial charge >= 0.3 is 5.97 Å². The van der Waals surface area contributed by atoms with Gasteiger partial charge in [0.2, 0.25) is 11.7 Å². The van der Waals surface area contributed by atoms with E-state index in [0.29, 0.717) is 5.88 Å². The maximum atomic E-state index is 10.7. The number of carbonyl (C=O) groups is 1. The van der Waals surface area contributed by atoms with Gasteiger partial charge in [-0.1, -0.05) is 0 Å². The molecule has 0 aliphatic carbocycles. The first-order valence-electron chi connectivity index (χ1n) is 3.97. The molecule has 0 aromatic carbocycles. The lowest BCUT2D eigenvalue weighted by atomic mass is 10.2. The summed E-state index contributed by atoms with van der Waals surface area (Å²) in [6, 6.07) is 0. The third kappa shape index (κ3) is 1.41. The number of hydrogen-bond acceptors (Lipinski definition) is 5. The van der Waals surface area contributed by atoms with Crippen LogP contribution < -0.4 is 4.74 Å². The first-order chi connectivity index (χ1) is 6.72. The zero-order chi connectivity index (χ0) is 10.1. The Morgan fingerprint density at radius 3 is 2.93 bits per heavy atom. The van der Waals surface area contributed by atoms with Crippen molar-refractivity contribution in [3.8, 4) is 5.88 Å². The molecule has 1 aromatic rings. The van der Waals surface area contributed by atoms with Crippen molar-refractivity contribution in [1.29, 1.82) is 0 Å². The molecule has 74 valence electrons. The van der Waals surface area contributed by atoms with Crippen molar-refractivity contribution in [2.45, 2.75) is 11.5 Å². The molecule has 0 saturated heterocycles. The quantitative estimate of drug-likeness (QED) is 0.786. The largest absolute Gasteiger partial charge is 0.481 e. The lowest BCUT2D eigenvalue weighted by molar-refractivity contribution is 0.0682. The molecule has 0 amide bonds. The summed E-state index contributed by atoms with van der Waals surface area (Å²) in [7, 11) is 1.48. The van der Waals surface area contributed by atoms with Crippen LogP contribution >= 0.6 is 11.8 Å². The molecular formula is C8H8N2O3S. The van der Waals surface area contributed by atoms with Crippen molar-refractivity contribution in [2.24, 2.45) is 0 Å². The summed E-state index contributed by atoms with van der Waals surface area (Å²) in [4.78, 5) is 18.4. The minimum Gasteiger partial charge on any atom is -0.481 e. The molecular weight excluding hydrogens is 204 g/mol. The topological polar surface area (TPSA) is 72.3 Å². The predicted molar refractivity (Wildman–Crippen MR) is 50.5 cm³/mol. The van der Waals surface area contributed by atoms with Gasteiger partial charge in [0.05, 0.1) is 12.8 Å². The number of nitrogens with zero attached hydrogens (tertiary/aromatic N) is 2. The second-order valence-electron chi connectivity index (χ2n) is 2.78. The highest BCUT2D eigenvalue weighted by atomic mass is 32.2. The minimum absolute atomic E-state index is 0.192. The van der Waals surface area contributed by atoms with Crippen molar-refractivity contribution in [3.63, 3.8) is 0 Å². The highest BCUT2D eigenvalue weighted by molar-refractivity contribution is 7.98. The van der Waals surface area contributed by atoms with E-state index in [0.717, 1.165) is 22.8 Å². The summed E-state index contributed by atoms with van der Waals surface area (Å²) >= 11 is 1.68. The van der Waals surface area contributed by atoms with E-state index in [4.69, 9.17) is 9.84 Å². The van der Waals surface area contributed by atoms with Crippen molar-refractivity contribution in [2.75, 3.05) is 7.11 Å². The number of carboxylic acids is 1. The van der Waals surface area contributed by atoms with Crippen LogP contribution in [0.5, 0.6) is 5.88 Å². The zero-order valence-electron chi connectivity index (χ0n) is 7.48. The van der Waals surface area contributed by atoms with Crippen LogP contribution in [0.2, 0.25) is 0 Å². The van der Waals surface area contributed by atoms with E-state index in [2.05, 4.69) is 9.97 Å². The van der Waals surface area contributed by atoms with E-state index < -0.39 is 5.97 Å². The van der Waals surface area contributed by atoms with Gasteiger partial charge in [-0.3, -0.25) is 0 Å². The van der Waals surface area contributed by atoms with Gasteiger partial charge in [0.25, 0.3) is 0 Å². The van der Waals surface area contributed by atoms with E-state index in [-0.39, 0.29) is 5.82 Å². The first-order valence-corrected chi connectivity index (χ1v) is 5.12. The number of hydrogen-bond donors (Lipinski definition) is 1. The summed E-state index contributed by atoms with van der Waals surface area (Å²) in [5, 5.41) is 8.75. The molecule has 0 radical (unpaired) electrons. The smallest absolute Gasteiger partial charge is 0.374 e. The Bertz CT molecular complexity index is 394. The minimum atomic E-state index is -1.12. The standard InChI is InChI=1S/C8H8N2O3S/c1-13-7-4-2-14-3-5(4)9-6(10-7)8(11)12/h2-3H2,1H3,(H,11,12). The molecule has 14 heavy (non-hydrogen) atoms. The molecule has 0 unspecified atom stereocenters. The second-order valence-corrected chi connectivity index (χ2v) is 3.77. The Balaban J connectivity index is 2.54. The van der Waals surface area contributed by atoms with Crippen molar-refractivity contribution in [1.82, 2.24) is 9.97 Å². The molecule has 0 bridgehead atoms. The molecule has 1 aromatic heterocycles. The molecule has 5 nitrogen and oxygen atoms in total. The third-order valence-electron chi connectivity index (χ3n) is 1.92. The molecule has 1 N–H and O–H groups in total. The fourth-order valence-electron chi connectivity index (χ4n) is 1.29. The van der Waals surface area contributed by atoms with E-state index in [1.54, 1.807) is 11.8 Å². The molecule has 6 heteroatoms. The number of aromatic nitrogens is 2. The number of aromatic carboxylic acids is 1. The van der Waals surface area contributed by atoms with Gasteiger partial charge in [-0.15, -0.1) is 0 Å². The van der Waals surface area contributed by atoms with Crippen LogP contribution in [0.15, 0.2) is 0 Å². The average Bonchev–Trinajstić information content (AvgIpc) is 2.63. The second kappa shape index (κ2) is 3.45. The molecule has 1 aliphatic heterocycles. The van der Waals surface area contributed by atoms with Crippen LogP contribution in [0.3, 0.4) is 0 Å². The molecule has 0 spiro atoms. The van der Waals surface area contributed by atoms with Crippen LogP contribution in [0.25, 0.3) is 0 Å². The summed E-state index contributed by atoms with van der Waals surface area (Å²) < 4.78 is 5.02. The summed E-state index contributed by atoms with van der Waals surface area (Å²) in [6.45, 7) is 0. The highest BCUT2D eigenvalue weighted by Crippen LogP contribution is 2.33. The number of methoxy groups -OCH3 is 1. The number of ether oxygens (including phenoxy) is 1. The van der Waals surface area contributed by atoms with Crippen LogP contribution in [-0.2, 0) is 11.5 Å². The maximum absolute atomic E-state index is 10.7. The Kier molecular flexibility index (Phi) is 2.28. The van der Waals surface area contributed by atoms with Gasteiger partial charge in [-0.2, -0.15) is 16.7 Å². The fourth-order valence-corrected chi connectivity index (χ4v) is 2.31. The van der Waals surface area contributed by atoms with Gasteiger partial charge in [-0.05, 0) is 0 Å². The lowest BCUT2D eigenvalue weighted by Gasteiger charge is -2.05.